The molecule has 0 spiro atoms. The third-order valence-corrected chi connectivity index (χ3v) is 3.94. The monoisotopic (exact) mass is 277 g/mol. The molecule has 1 aliphatic carbocycles. The van der Waals surface area contributed by atoms with Gasteiger partial charge < -0.3 is 9.47 Å². The van der Waals surface area contributed by atoms with Crippen LogP contribution in [0.2, 0.25) is 0 Å². The molecule has 110 valence electrons. The molecule has 1 heterocycles. The number of nitrogens with zero attached hydrogens (tertiary/aromatic N) is 3. The normalized spacial score (nSPS) is 17.3. The number of Topliss-reactive ketones (excluding diaryl/α,β-unsaturated/α-hetero) is 1. The van der Waals surface area contributed by atoms with E-state index in [0.717, 1.165) is 12.8 Å². The van der Waals surface area contributed by atoms with Gasteiger partial charge in [0.25, 0.3) is 5.56 Å². The van der Waals surface area contributed by atoms with E-state index in [2.05, 4.69) is 4.98 Å². The van der Waals surface area contributed by atoms with Gasteiger partial charge in [-0.1, -0.05) is 0 Å². The number of carbonyl (C=O) groups excluding carboxylic acids is 1. The predicted molar refractivity (Wildman–Crippen MR) is 79.2 cm³/mol. The zero-order chi connectivity index (χ0) is 14.9. The van der Waals surface area contributed by atoms with Crippen LogP contribution in [0.5, 0.6) is 0 Å². The third kappa shape index (κ3) is 2.92. The second-order valence-electron chi connectivity index (χ2n) is 6.48. The largest absolute Gasteiger partial charge is 0.352 e. The van der Waals surface area contributed by atoms with Crippen molar-refractivity contribution >= 4 is 11.6 Å². The van der Waals surface area contributed by atoms with Crippen LogP contribution in [0, 0.1) is 0 Å². The van der Waals surface area contributed by atoms with Crippen molar-refractivity contribution in [1.29, 1.82) is 0 Å². The Balaban J connectivity index is 2.29. The first-order chi connectivity index (χ1) is 9.30. The molecule has 5 nitrogen and oxygen atoms in total. The van der Waals surface area contributed by atoms with E-state index in [1.54, 1.807) is 17.0 Å². The molecule has 1 saturated carbocycles. The highest BCUT2D eigenvalue weighted by Gasteiger charge is 2.26. The summed E-state index contributed by atoms with van der Waals surface area (Å²) in [6.45, 7) is 5.99. The van der Waals surface area contributed by atoms with Gasteiger partial charge in [-0.2, -0.15) is 0 Å². The Labute approximate surface area is 119 Å². The Morgan fingerprint density at radius 1 is 1.25 bits per heavy atom. The SMILES string of the molecule is CN(c1nccn(C(C)(C)C)c1=O)C1CCC(=O)CC1. The smallest absolute Gasteiger partial charge is 0.293 e. The summed E-state index contributed by atoms with van der Waals surface area (Å²) in [5, 5.41) is 0. The number of hydrogen-bond acceptors (Lipinski definition) is 4. The Kier molecular flexibility index (Phi) is 3.97. The molecule has 0 radical (unpaired) electrons. The second kappa shape index (κ2) is 5.38. The van der Waals surface area contributed by atoms with Crippen molar-refractivity contribution in [2.24, 2.45) is 0 Å². The number of hydrogen-bond donors (Lipinski definition) is 0. The average molecular weight is 277 g/mol. The van der Waals surface area contributed by atoms with E-state index >= 15 is 0 Å². The summed E-state index contributed by atoms with van der Waals surface area (Å²) in [5.41, 5.74) is -0.336. The first kappa shape index (κ1) is 14.8. The molecule has 0 amide bonds. The maximum absolute atomic E-state index is 12.6. The predicted octanol–water partition coefficient (Wildman–Crippen LogP) is 1.95. The van der Waals surface area contributed by atoms with E-state index < -0.39 is 0 Å². The molecule has 0 aromatic carbocycles. The van der Waals surface area contributed by atoms with Gasteiger partial charge >= 0.3 is 0 Å². The number of anilines is 1. The van der Waals surface area contributed by atoms with E-state index in [-0.39, 0.29) is 17.1 Å². The number of ketones is 1. The molecule has 2 rings (SSSR count). The molecular weight excluding hydrogens is 254 g/mol. The zero-order valence-electron chi connectivity index (χ0n) is 12.7. The van der Waals surface area contributed by atoms with Gasteiger partial charge in [-0.05, 0) is 33.6 Å². The van der Waals surface area contributed by atoms with Gasteiger partial charge in [0.1, 0.15) is 5.78 Å². The molecule has 0 aliphatic heterocycles. The summed E-state index contributed by atoms with van der Waals surface area (Å²) in [4.78, 5) is 30.1. The van der Waals surface area contributed by atoms with E-state index in [1.807, 2.05) is 32.7 Å². The average Bonchev–Trinajstić information content (AvgIpc) is 2.37. The minimum Gasteiger partial charge on any atom is -0.352 e. The molecule has 0 bridgehead atoms. The lowest BCUT2D eigenvalue weighted by molar-refractivity contribution is -0.120. The quantitative estimate of drug-likeness (QED) is 0.829. The Bertz CT molecular complexity index is 547. The van der Waals surface area contributed by atoms with Crippen LogP contribution in [0.25, 0.3) is 0 Å². The van der Waals surface area contributed by atoms with E-state index in [9.17, 15) is 9.59 Å². The molecule has 1 aromatic heterocycles. The van der Waals surface area contributed by atoms with Crippen molar-refractivity contribution in [2.45, 2.75) is 58.0 Å². The zero-order valence-corrected chi connectivity index (χ0v) is 12.7. The molecule has 5 heteroatoms. The molecule has 0 N–H and O–H groups in total. The lowest BCUT2D eigenvalue weighted by Gasteiger charge is -2.32. The lowest BCUT2D eigenvalue weighted by atomic mass is 9.93. The molecule has 0 saturated heterocycles. The van der Waals surface area contributed by atoms with Crippen molar-refractivity contribution in [1.82, 2.24) is 9.55 Å². The topological polar surface area (TPSA) is 55.2 Å². The van der Waals surface area contributed by atoms with Gasteiger partial charge in [-0.25, -0.2) is 4.98 Å². The van der Waals surface area contributed by atoms with Crippen molar-refractivity contribution in [3.05, 3.63) is 22.7 Å². The van der Waals surface area contributed by atoms with Crippen molar-refractivity contribution in [2.75, 3.05) is 11.9 Å². The number of rotatable bonds is 2. The van der Waals surface area contributed by atoms with Crippen LogP contribution < -0.4 is 10.5 Å². The lowest BCUT2D eigenvalue weighted by Crippen LogP contribution is -2.42. The summed E-state index contributed by atoms with van der Waals surface area (Å²) < 4.78 is 1.71. The van der Waals surface area contributed by atoms with Crippen LogP contribution in [0.1, 0.15) is 46.5 Å². The molecule has 1 aliphatic rings. The van der Waals surface area contributed by atoms with Gasteiger partial charge in [-0.15, -0.1) is 0 Å². The van der Waals surface area contributed by atoms with Gasteiger partial charge in [-0.3, -0.25) is 9.59 Å². The van der Waals surface area contributed by atoms with Crippen LogP contribution in [0.15, 0.2) is 17.2 Å². The minimum atomic E-state index is -0.266. The summed E-state index contributed by atoms with van der Waals surface area (Å²) >= 11 is 0. The molecular formula is C15H23N3O2. The fourth-order valence-corrected chi connectivity index (χ4v) is 2.66. The van der Waals surface area contributed by atoms with Gasteiger partial charge in [0.05, 0.1) is 0 Å². The van der Waals surface area contributed by atoms with Crippen molar-refractivity contribution in [3.8, 4) is 0 Å². The minimum absolute atomic E-state index is 0.0700. The first-order valence-electron chi connectivity index (χ1n) is 7.13. The van der Waals surface area contributed by atoms with Gasteiger partial charge in [0.2, 0.25) is 0 Å². The summed E-state index contributed by atoms with van der Waals surface area (Å²) in [6.07, 6.45) is 6.23. The summed E-state index contributed by atoms with van der Waals surface area (Å²) in [5.74, 6) is 0.796. The molecule has 1 fully saturated rings. The Hall–Kier alpha value is -1.65. The van der Waals surface area contributed by atoms with E-state index in [0.29, 0.717) is 24.4 Å². The molecule has 0 unspecified atom stereocenters. The molecule has 1 aromatic rings. The van der Waals surface area contributed by atoms with Crippen LogP contribution in [0.3, 0.4) is 0 Å². The van der Waals surface area contributed by atoms with Crippen LogP contribution in [-0.2, 0) is 10.3 Å². The van der Waals surface area contributed by atoms with Crippen molar-refractivity contribution in [3.63, 3.8) is 0 Å². The highest BCUT2D eigenvalue weighted by Crippen LogP contribution is 2.22. The Morgan fingerprint density at radius 2 is 1.85 bits per heavy atom. The summed E-state index contributed by atoms with van der Waals surface area (Å²) in [7, 11) is 1.90. The molecule has 20 heavy (non-hydrogen) atoms. The van der Waals surface area contributed by atoms with Crippen LogP contribution in [0.4, 0.5) is 5.82 Å². The fraction of sp³-hybridized carbons (Fsp3) is 0.667. The summed E-state index contributed by atoms with van der Waals surface area (Å²) in [6, 6.07) is 0.226. The van der Waals surface area contributed by atoms with E-state index in [4.69, 9.17) is 0 Å². The van der Waals surface area contributed by atoms with Crippen LogP contribution in [-0.4, -0.2) is 28.4 Å². The maximum atomic E-state index is 12.6. The fourth-order valence-electron chi connectivity index (χ4n) is 2.66. The first-order valence-corrected chi connectivity index (χ1v) is 7.13. The molecule has 0 atom stereocenters. The van der Waals surface area contributed by atoms with Crippen molar-refractivity contribution < 1.29 is 4.79 Å². The number of carbonyl (C=O) groups is 1. The highest BCUT2D eigenvalue weighted by molar-refractivity contribution is 5.79. The standard InChI is InChI=1S/C15H23N3O2/c1-15(2,3)18-10-9-16-13(14(18)20)17(4)11-5-7-12(19)8-6-11/h9-11H,5-8H2,1-4H3. The van der Waals surface area contributed by atoms with Gasteiger partial charge in [0.15, 0.2) is 5.82 Å². The number of aromatic nitrogens is 2. The second-order valence-corrected chi connectivity index (χ2v) is 6.48. The van der Waals surface area contributed by atoms with Gasteiger partial charge in [0, 0.05) is 43.9 Å². The third-order valence-electron chi connectivity index (χ3n) is 3.94. The van der Waals surface area contributed by atoms with E-state index in [1.165, 1.54) is 0 Å². The maximum Gasteiger partial charge on any atom is 0.293 e. The van der Waals surface area contributed by atoms with Crippen LogP contribution >= 0.6 is 0 Å². The highest BCUT2D eigenvalue weighted by atomic mass is 16.1. The Morgan fingerprint density at radius 3 is 2.40 bits per heavy atom.